The minimum Gasteiger partial charge on any atom is -0.481 e. The number of amides is 6. The number of nitrogens with two attached hydrogens (primary N) is 1. The van der Waals surface area contributed by atoms with Crippen molar-refractivity contribution in [1.29, 1.82) is 0 Å². The van der Waals surface area contributed by atoms with Crippen LogP contribution in [0.25, 0.3) is 11.1 Å². The number of carboxylic acid groups (broad SMARTS) is 3. The van der Waals surface area contributed by atoms with Gasteiger partial charge < -0.3 is 47.6 Å². The lowest BCUT2D eigenvalue weighted by molar-refractivity contribution is -0.142. The van der Waals surface area contributed by atoms with Crippen molar-refractivity contribution < 1.29 is 58.5 Å². The van der Waals surface area contributed by atoms with Crippen molar-refractivity contribution >= 4 is 64.5 Å². The first-order valence-electron chi connectivity index (χ1n) is 23.5. The molecule has 0 saturated carbocycles. The maximum absolute atomic E-state index is 13.7. The van der Waals surface area contributed by atoms with Gasteiger partial charge in [-0.15, -0.1) is 5.10 Å². The molecular formula is C53H59N9O12. The van der Waals surface area contributed by atoms with Crippen LogP contribution in [0.4, 0.5) is 0 Å². The Bertz CT molecular complexity index is 2840. The Morgan fingerprint density at radius 2 is 1.03 bits per heavy atom. The smallest absolute Gasteiger partial charge is 0.305 e. The summed E-state index contributed by atoms with van der Waals surface area (Å²) in [4.78, 5) is 113. The number of nitrogens with zero attached hydrogens (tertiary/aromatic N) is 3. The second kappa shape index (κ2) is 26.4. The fraction of sp³-hybridized carbons (Fsp3) is 0.302. The van der Waals surface area contributed by atoms with E-state index in [1.807, 2.05) is 67.6 Å². The fourth-order valence-electron chi connectivity index (χ4n) is 7.89. The zero-order chi connectivity index (χ0) is 54.1. The molecule has 1 heterocycles. The molecular weight excluding hydrogens is 955 g/mol. The van der Waals surface area contributed by atoms with Gasteiger partial charge in [-0.05, 0) is 58.2 Å². The van der Waals surface area contributed by atoms with Gasteiger partial charge >= 0.3 is 17.9 Å². The zero-order valence-corrected chi connectivity index (χ0v) is 41.1. The van der Waals surface area contributed by atoms with E-state index in [1.165, 1.54) is 18.5 Å². The molecule has 0 radical (unpaired) electrons. The third kappa shape index (κ3) is 16.5. The quantitative estimate of drug-likeness (QED) is 0.0360. The summed E-state index contributed by atoms with van der Waals surface area (Å²) in [7, 11) is 0. The molecule has 10 N–H and O–H groups in total. The fourth-order valence-corrected chi connectivity index (χ4v) is 7.89. The molecule has 388 valence electrons. The normalized spacial score (nSPS) is 13.4. The largest absolute Gasteiger partial charge is 0.481 e. The van der Waals surface area contributed by atoms with Gasteiger partial charge in [-0.1, -0.05) is 134 Å². The van der Waals surface area contributed by atoms with E-state index in [2.05, 4.69) is 85.4 Å². The number of nitrogens with one attached hydrogen (secondary N) is 5. The molecule has 1 aromatic heterocycles. The molecule has 5 atom stereocenters. The molecule has 21 nitrogen and oxygen atoms in total. The van der Waals surface area contributed by atoms with Crippen molar-refractivity contribution in [3.8, 4) is 0 Å². The molecule has 0 aliphatic heterocycles. The number of benzene rings is 4. The van der Waals surface area contributed by atoms with Crippen molar-refractivity contribution in [2.45, 2.75) is 96.6 Å². The average molecular weight is 1010 g/mol. The molecule has 1 unspecified atom stereocenters. The van der Waals surface area contributed by atoms with Crippen LogP contribution in [0.15, 0.2) is 115 Å². The summed E-state index contributed by atoms with van der Waals surface area (Å²) in [5, 5.41) is 48.0. The van der Waals surface area contributed by atoms with Gasteiger partial charge in [-0.3, -0.25) is 43.2 Å². The van der Waals surface area contributed by atoms with Gasteiger partial charge in [0.25, 0.3) is 0 Å². The molecule has 6 amide bonds. The van der Waals surface area contributed by atoms with Crippen molar-refractivity contribution in [2.75, 3.05) is 0 Å². The lowest BCUT2D eigenvalue weighted by Crippen LogP contribution is -2.60. The Morgan fingerprint density at radius 3 is 1.50 bits per heavy atom. The van der Waals surface area contributed by atoms with Crippen LogP contribution in [0.5, 0.6) is 0 Å². The van der Waals surface area contributed by atoms with Gasteiger partial charge in [0.1, 0.15) is 30.2 Å². The van der Waals surface area contributed by atoms with Gasteiger partial charge in [-0.2, -0.15) is 0 Å². The number of carboxylic acids is 3. The second-order valence-corrected chi connectivity index (χ2v) is 17.9. The predicted octanol–water partition coefficient (Wildman–Crippen LogP) is 2.58. The van der Waals surface area contributed by atoms with E-state index in [0.29, 0.717) is 0 Å². The molecule has 21 heteroatoms. The van der Waals surface area contributed by atoms with Gasteiger partial charge in [0.15, 0.2) is 0 Å². The summed E-state index contributed by atoms with van der Waals surface area (Å²) in [6.45, 7) is 6.31. The van der Waals surface area contributed by atoms with Crippen molar-refractivity contribution in [2.24, 2.45) is 11.7 Å². The van der Waals surface area contributed by atoms with E-state index in [9.17, 15) is 58.5 Å². The van der Waals surface area contributed by atoms with Crippen LogP contribution in [0, 0.1) is 12.8 Å². The SMILES string of the molecule is CC(=O)N[C@H](CC(=O)O)C(=O)N[C@H](CCC(=O)O)C(=O)NC(C(=O)N[C@H](CC(=O)O)C(=O)N[C@H](Cc1cn(Cc2ccc(/C(=C(\c3ccccc3)c3ccc(C)cc3)c3ccccc3)cc2)nn1)C(N)=O)C(C)C. The van der Waals surface area contributed by atoms with Gasteiger partial charge in [0.05, 0.1) is 25.1 Å². The van der Waals surface area contributed by atoms with Crippen LogP contribution in [0.2, 0.25) is 0 Å². The summed E-state index contributed by atoms with van der Waals surface area (Å²) in [5.41, 5.74) is 14.1. The Kier molecular flexibility index (Phi) is 20.0. The molecule has 5 rings (SSSR count). The van der Waals surface area contributed by atoms with Crippen molar-refractivity contribution in [1.82, 2.24) is 41.6 Å². The van der Waals surface area contributed by atoms with Gasteiger partial charge in [0.2, 0.25) is 35.4 Å². The first kappa shape index (κ1) is 55.9. The highest BCUT2D eigenvalue weighted by molar-refractivity contribution is 6.04. The van der Waals surface area contributed by atoms with E-state index >= 15 is 0 Å². The molecule has 0 spiro atoms. The van der Waals surface area contributed by atoms with Crippen LogP contribution in [-0.4, -0.2) is 114 Å². The third-order valence-electron chi connectivity index (χ3n) is 11.6. The maximum Gasteiger partial charge on any atom is 0.305 e. The number of aryl methyl sites for hydroxylation is 1. The van der Waals surface area contributed by atoms with E-state index in [4.69, 9.17) is 5.73 Å². The number of carbonyl (C=O) groups is 9. The lowest BCUT2D eigenvalue weighted by atomic mass is 9.85. The standard InChI is InChI=1S/C53H59N9O12/c1-30(2)48(59-50(71)39(23-24-43(64)65)56-51(72)41(26-44(66)67)55-32(4)63)53(74)58-42(27-45(68)69)52(73)57-40(49(54)70)25-38-29-62(61-60-38)28-33-17-21-37(22-18-33)47(35-13-9-6-10-14-35)46(34-11-7-5-8-12-34)36-19-15-31(3)16-20-36/h5-22,29-30,39-42,48H,23-28H2,1-4H3,(H2,54,70)(H,55,63)(H,56,72)(H,57,73)(H,58,74)(H,59,71)(H,64,65)(H,66,67)(H,68,69)/b47-46+/t39-,40-,41-,42-,48?/m1/s1. The number of hydrogen-bond acceptors (Lipinski definition) is 11. The van der Waals surface area contributed by atoms with E-state index in [1.54, 1.807) is 6.20 Å². The number of aliphatic carboxylic acids is 3. The van der Waals surface area contributed by atoms with Crippen LogP contribution in [0.3, 0.4) is 0 Å². The number of aromatic nitrogens is 3. The summed E-state index contributed by atoms with van der Waals surface area (Å²) in [5.74, 6) is -11.3. The molecule has 4 aromatic carbocycles. The van der Waals surface area contributed by atoms with Crippen LogP contribution >= 0.6 is 0 Å². The highest BCUT2D eigenvalue weighted by Gasteiger charge is 2.35. The molecule has 0 saturated heterocycles. The molecule has 0 aliphatic carbocycles. The Morgan fingerprint density at radius 1 is 0.568 bits per heavy atom. The number of primary amides is 1. The number of rotatable bonds is 26. The lowest BCUT2D eigenvalue weighted by Gasteiger charge is -2.28. The van der Waals surface area contributed by atoms with Gasteiger partial charge in [-0.25, -0.2) is 4.68 Å². The minimum absolute atomic E-state index is 0.239. The van der Waals surface area contributed by atoms with Crippen LogP contribution < -0.4 is 32.3 Å². The molecule has 74 heavy (non-hydrogen) atoms. The Balaban J connectivity index is 1.30. The minimum atomic E-state index is -1.83. The van der Waals surface area contributed by atoms with E-state index < -0.39 is 115 Å². The van der Waals surface area contributed by atoms with E-state index in [0.717, 1.165) is 51.5 Å². The third-order valence-corrected chi connectivity index (χ3v) is 11.6. The highest BCUT2D eigenvalue weighted by atomic mass is 16.4. The summed E-state index contributed by atoms with van der Waals surface area (Å²) in [6.07, 6.45) is -1.77. The first-order chi connectivity index (χ1) is 35.2. The molecule has 0 fully saturated rings. The molecule has 5 aromatic rings. The monoisotopic (exact) mass is 1010 g/mol. The van der Waals surface area contributed by atoms with Crippen molar-refractivity contribution in [3.05, 3.63) is 154 Å². The van der Waals surface area contributed by atoms with Crippen LogP contribution in [-0.2, 0) is 56.1 Å². The van der Waals surface area contributed by atoms with Gasteiger partial charge in [0, 0.05) is 26.0 Å². The topological polar surface area (TPSA) is 331 Å². The molecule has 0 bridgehead atoms. The van der Waals surface area contributed by atoms with E-state index in [-0.39, 0.29) is 18.7 Å². The second-order valence-electron chi connectivity index (χ2n) is 17.9. The predicted molar refractivity (Wildman–Crippen MR) is 269 cm³/mol. The summed E-state index contributed by atoms with van der Waals surface area (Å²) in [6, 6.07) is 28.6. The Labute approximate surface area is 426 Å². The van der Waals surface area contributed by atoms with Crippen molar-refractivity contribution in [3.63, 3.8) is 0 Å². The molecule has 0 aliphatic rings. The number of carbonyl (C=O) groups excluding carboxylic acids is 6. The zero-order valence-electron chi connectivity index (χ0n) is 41.1. The summed E-state index contributed by atoms with van der Waals surface area (Å²) >= 11 is 0. The number of hydrogen-bond donors (Lipinski definition) is 9. The first-order valence-corrected chi connectivity index (χ1v) is 23.5. The maximum atomic E-state index is 13.7. The summed E-state index contributed by atoms with van der Waals surface area (Å²) < 4.78 is 1.53. The van der Waals surface area contributed by atoms with Crippen LogP contribution in [0.1, 0.15) is 85.5 Å². The average Bonchev–Trinajstić information content (AvgIpc) is 3.79. The Hall–Kier alpha value is -9.01. The highest BCUT2D eigenvalue weighted by Crippen LogP contribution is 2.37.